The lowest BCUT2D eigenvalue weighted by atomic mass is 10.1. The number of carbonyl (C=O) groups is 1. The Hall–Kier alpha value is -2.66. The highest BCUT2D eigenvalue weighted by atomic mass is 32.2. The van der Waals surface area contributed by atoms with E-state index in [2.05, 4.69) is 9.71 Å². The molecule has 27 heavy (non-hydrogen) atoms. The van der Waals surface area contributed by atoms with E-state index in [-0.39, 0.29) is 18.8 Å². The van der Waals surface area contributed by atoms with E-state index in [9.17, 15) is 26.4 Å². The number of aromatic nitrogens is 1. The molecular weight excluding hydrogens is 385 g/mol. The summed E-state index contributed by atoms with van der Waals surface area (Å²) in [7, 11) is -3.33. The minimum atomic E-state index is -5.03. The van der Waals surface area contributed by atoms with E-state index in [0.29, 0.717) is 11.1 Å². The molecule has 0 atom stereocenters. The number of rotatable bonds is 7. The Morgan fingerprint density at radius 2 is 1.78 bits per heavy atom. The summed E-state index contributed by atoms with van der Waals surface area (Å²) < 4.78 is 62.3. The molecule has 0 fully saturated rings. The maximum absolute atomic E-state index is 12.6. The van der Waals surface area contributed by atoms with Crippen LogP contribution >= 0.6 is 0 Å². The van der Waals surface area contributed by atoms with Crippen LogP contribution in [0, 0.1) is 0 Å². The predicted octanol–water partition coefficient (Wildman–Crippen LogP) is 1.73. The molecule has 1 heterocycles. The Balaban J connectivity index is 2.14. The van der Waals surface area contributed by atoms with Crippen molar-refractivity contribution in [1.29, 1.82) is 0 Å². The second-order valence-electron chi connectivity index (χ2n) is 5.65. The van der Waals surface area contributed by atoms with Gasteiger partial charge in [0.25, 0.3) is 0 Å². The van der Waals surface area contributed by atoms with Crippen molar-refractivity contribution in [2.75, 3.05) is 11.3 Å². The van der Waals surface area contributed by atoms with E-state index < -0.39 is 22.1 Å². The van der Waals surface area contributed by atoms with Gasteiger partial charge in [0.1, 0.15) is 0 Å². The first-order chi connectivity index (χ1) is 12.5. The Morgan fingerprint density at radius 1 is 1.15 bits per heavy atom. The van der Waals surface area contributed by atoms with E-state index >= 15 is 0 Å². The lowest BCUT2D eigenvalue weighted by Gasteiger charge is -2.25. The van der Waals surface area contributed by atoms with Gasteiger partial charge in [-0.2, -0.15) is 13.2 Å². The second kappa shape index (κ2) is 8.35. The first-order valence-corrected chi connectivity index (χ1v) is 9.51. The summed E-state index contributed by atoms with van der Waals surface area (Å²) in [5, 5.41) is 1.03. The summed E-state index contributed by atoms with van der Waals surface area (Å²) in [6.45, 7) is 0.0452. The number of carbonyl (C=O) groups excluding carboxylic acids is 1. The standard InChI is InChI=1S/C16H17F3N4O3S/c1-27(25,26)21-9-12-4-6-13(7-5-12)11-23(14-3-2-8-20-10-14)22-15(24)16(17,18)19/h2-8,10,21H,9,11H2,1H3,(H,22,24). The number of halogens is 3. The zero-order chi connectivity index (χ0) is 20.1. The van der Waals surface area contributed by atoms with Gasteiger partial charge in [-0.1, -0.05) is 24.3 Å². The van der Waals surface area contributed by atoms with Crippen molar-refractivity contribution in [3.05, 3.63) is 59.9 Å². The van der Waals surface area contributed by atoms with E-state index in [1.807, 2.05) is 5.43 Å². The first-order valence-electron chi connectivity index (χ1n) is 7.62. The maximum atomic E-state index is 12.6. The molecule has 0 aliphatic carbocycles. The summed E-state index contributed by atoms with van der Waals surface area (Å²) in [5.41, 5.74) is 3.37. The van der Waals surface area contributed by atoms with Crippen LogP contribution in [0.5, 0.6) is 0 Å². The van der Waals surface area contributed by atoms with Crippen LogP contribution in [0.4, 0.5) is 18.9 Å². The van der Waals surface area contributed by atoms with Crippen molar-refractivity contribution in [2.45, 2.75) is 19.3 Å². The molecule has 11 heteroatoms. The number of hydrogen-bond donors (Lipinski definition) is 2. The lowest BCUT2D eigenvalue weighted by Crippen LogP contribution is -2.48. The minimum absolute atomic E-state index is 0.0483. The van der Waals surface area contributed by atoms with E-state index in [1.165, 1.54) is 24.5 Å². The fraction of sp³-hybridized carbons (Fsp3) is 0.250. The summed E-state index contributed by atoms with van der Waals surface area (Å²) in [5.74, 6) is -2.10. The van der Waals surface area contributed by atoms with Crippen LogP contribution in [0.2, 0.25) is 0 Å². The highest BCUT2D eigenvalue weighted by Crippen LogP contribution is 2.18. The molecule has 0 unspecified atom stereocenters. The molecule has 0 aliphatic rings. The van der Waals surface area contributed by atoms with Gasteiger partial charge in [0, 0.05) is 12.7 Å². The highest BCUT2D eigenvalue weighted by molar-refractivity contribution is 7.88. The Bertz CT molecular complexity index is 872. The van der Waals surface area contributed by atoms with Crippen molar-refractivity contribution < 1.29 is 26.4 Å². The normalized spacial score (nSPS) is 11.9. The van der Waals surface area contributed by atoms with Gasteiger partial charge in [0.2, 0.25) is 10.0 Å². The van der Waals surface area contributed by atoms with Gasteiger partial charge in [-0.15, -0.1) is 0 Å². The Labute approximate surface area is 154 Å². The van der Waals surface area contributed by atoms with Crippen LogP contribution in [0.15, 0.2) is 48.8 Å². The number of nitrogens with zero attached hydrogens (tertiary/aromatic N) is 2. The van der Waals surface area contributed by atoms with Gasteiger partial charge >= 0.3 is 12.1 Å². The molecule has 0 radical (unpaired) electrons. The summed E-state index contributed by atoms with van der Waals surface area (Å²) >= 11 is 0. The molecule has 2 aromatic rings. The molecule has 7 nitrogen and oxygen atoms in total. The van der Waals surface area contributed by atoms with Crippen molar-refractivity contribution in [2.24, 2.45) is 0 Å². The predicted molar refractivity (Wildman–Crippen MR) is 92.7 cm³/mol. The molecule has 2 N–H and O–H groups in total. The number of anilines is 1. The summed E-state index contributed by atoms with van der Waals surface area (Å²) in [6, 6.07) is 9.57. The number of hydrazine groups is 1. The fourth-order valence-electron chi connectivity index (χ4n) is 2.05. The molecule has 146 valence electrons. The first kappa shape index (κ1) is 20.6. The number of sulfonamides is 1. The van der Waals surface area contributed by atoms with Gasteiger partial charge < -0.3 is 0 Å². The Kier molecular flexibility index (Phi) is 6.39. The minimum Gasteiger partial charge on any atom is -0.279 e. The van der Waals surface area contributed by atoms with Gasteiger partial charge in [0.05, 0.1) is 24.7 Å². The number of alkyl halides is 3. The quantitative estimate of drug-likeness (QED) is 0.689. The van der Waals surface area contributed by atoms with E-state index in [0.717, 1.165) is 11.3 Å². The number of benzene rings is 1. The molecule has 1 aromatic heterocycles. The molecule has 0 aliphatic heterocycles. The molecular formula is C16H17F3N4O3S. The largest absolute Gasteiger partial charge is 0.472 e. The smallest absolute Gasteiger partial charge is 0.279 e. The van der Waals surface area contributed by atoms with Crippen LogP contribution in [0.1, 0.15) is 11.1 Å². The average molecular weight is 402 g/mol. The van der Waals surface area contributed by atoms with Crippen molar-refractivity contribution in [3.63, 3.8) is 0 Å². The molecule has 0 spiro atoms. The highest BCUT2D eigenvalue weighted by Gasteiger charge is 2.39. The van der Waals surface area contributed by atoms with Crippen LogP contribution in [-0.4, -0.2) is 31.7 Å². The van der Waals surface area contributed by atoms with Gasteiger partial charge in [-0.05, 0) is 23.3 Å². The van der Waals surface area contributed by atoms with Crippen LogP contribution in [-0.2, 0) is 27.9 Å². The van der Waals surface area contributed by atoms with Crippen LogP contribution in [0.25, 0.3) is 0 Å². The van der Waals surface area contributed by atoms with Crippen molar-refractivity contribution in [1.82, 2.24) is 15.1 Å². The lowest BCUT2D eigenvalue weighted by molar-refractivity contribution is -0.173. The third-order valence-electron chi connectivity index (χ3n) is 3.35. The van der Waals surface area contributed by atoms with E-state index in [4.69, 9.17) is 0 Å². The molecule has 0 bridgehead atoms. The number of nitrogens with one attached hydrogen (secondary N) is 2. The summed E-state index contributed by atoms with van der Waals surface area (Å²) in [6.07, 6.45) is -1.21. The molecule has 1 amide bonds. The number of hydrogen-bond acceptors (Lipinski definition) is 5. The zero-order valence-electron chi connectivity index (χ0n) is 14.2. The van der Waals surface area contributed by atoms with Crippen LogP contribution in [0.3, 0.4) is 0 Å². The average Bonchev–Trinajstić information content (AvgIpc) is 2.60. The monoisotopic (exact) mass is 402 g/mol. The van der Waals surface area contributed by atoms with Gasteiger partial charge in [-0.3, -0.25) is 20.2 Å². The van der Waals surface area contributed by atoms with Gasteiger partial charge in [-0.25, -0.2) is 13.1 Å². The Morgan fingerprint density at radius 3 is 2.30 bits per heavy atom. The second-order valence-corrected chi connectivity index (χ2v) is 7.48. The van der Waals surface area contributed by atoms with Gasteiger partial charge in [0.15, 0.2) is 0 Å². The van der Waals surface area contributed by atoms with Crippen molar-refractivity contribution >= 4 is 21.6 Å². The number of pyridine rings is 1. The molecule has 2 rings (SSSR count). The molecule has 1 aromatic carbocycles. The zero-order valence-corrected chi connectivity index (χ0v) is 15.0. The van der Waals surface area contributed by atoms with E-state index in [1.54, 1.807) is 24.3 Å². The maximum Gasteiger partial charge on any atom is 0.472 e. The number of amides is 1. The third kappa shape index (κ3) is 6.87. The molecule has 0 saturated carbocycles. The summed E-state index contributed by atoms with van der Waals surface area (Å²) in [4.78, 5) is 15.1. The SMILES string of the molecule is CS(=O)(=O)NCc1ccc(CN(NC(=O)C(F)(F)F)c2cccnc2)cc1. The molecule has 0 saturated heterocycles. The van der Waals surface area contributed by atoms with Crippen molar-refractivity contribution in [3.8, 4) is 0 Å². The fourth-order valence-corrected chi connectivity index (χ4v) is 2.48. The van der Waals surface area contributed by atoms with Crippen LogP contribution < -0.4 is 15.2 Å². The third-order valence-corrected chi connectivity index (χ3v) is 4.02. The topological polar surface area (TPSA) is 91.4 Å².